The number of anilines is 1. The molecule has 1 unspecified atom stereocenters. The number of nitrogens with zero attached hydrogens (tertiary/aromatic N) is 2. The predicted octanol–water partition coefficient (Wildman–Crippen LogP) is 1.76. The van der Waals surface area contributed by atoms with Gasteiger partial charge in [-0.05, 0) is 38.6 Å². The Morgan fingerprint density at radius 3 is 3.16 bits per heavy atom. The van der Waals surface area contributed by atoms with Gasteiger partial charge in [0.15, 0.2) is 0 Å². The highest BCUT2D eigenvalue weighted by Crippen LogP contribution is 2.16. The molecular formula is C14H21N3O2. The SMILES string of the molecule is COC(=O)c1ccnc(NCC2CCCCN2C)c1. The number of piperidine rings is 1. The van der Waals surface area contributed by atoms with Crippen molar-refractivity contribution >= 4 is 11.8 Å². The van der Waals surface area contributed by atoms with Gasteiger partial charge in [-0.25, -0.2) is 9.78 Å². The minimum absolute atomic E-state index is 0.333. The third kappa shape index (κ3) is 3.67. The van der Waals surface area contributed by atoms with Crippen molar-refractivity contribution < 1.29 is 9.53 Å². The fourth-order valence-electron chi connectivity index (χ4n) is 2.40. The molecule has 5 nitrogen and oxygen atoms in total. The largest absolute Gasteiger partial charge is 0.465 e. The summed E-state index contributed by atoms with van der Waals surface area (Å²) in [7, 11) is 3.54. The first kappa shape index (κ1) is 13.8. The molecule has 1 aliphatic heterocycles. The van der Waals surface area contributed by atoms with Gasteiger partial charge >= 0.3 is 5.97 Å². The van der Waals surface area contributed by atoms with Crippen LogP contribution in [0.4, 0.5) is 5.82 Å². The Labute approximate surface area is 114 Å². The number of methoxy groups -OCH3 is 1. The lowest BCUT2D eigenvalue weighted by Gasteiger charge is -2.32. The molecule has 1 aromatic heterocycles. The Bertz CT molecular complexity index is 436. The maximum Gasteiger partial charge on any atom is 0.338 e. The van der Waals surface area contributed by atoms with E-state index in [-0.39, 0.29) is 5.97 Å². The molecule has 2 heterocycles. The van der Waals surface area contributed by atoms with E-state index in [0.29, 0.717) is 11.6 Å². The van der Waals surface area contributed by atoms with Crippen molar-refractivity contribution in [3.05, 3.63) is 23.9 Å². The second-order valence-corrected chi connectivity index (χ2v) is 4.93. The lowest BCUT2D eigenvalue weighted by molar-refractivity contribution is 0.0600. The monoisotopic (exact) mass is 263 g/mol. The van der Waals surface area contributed by atoms with Crippen LogP contribution in [0.1, 0.15) is 29.6 Å². The summed E-state index contributed by atoms with van der Waals surface area (Å²) in [5.41, 5.74) is 0.525. The molecule has 0 saturated carbocycles. The van der Waals surface area contributed by atoms with Crippen LogP contribution >= 0.6 is 0 Å². The quantitative estimate of drug-likeness (QED) is 0.839. The highest BCUT2D eigenvalue weighted by Gasteiger charge is 2.18. The number of hydrogen-bond acceptors (Lipinski definition) is 5. The summed E-state index contributed by atoms with van der Waals surface area (Å²) < 4.78 is 4.70. The summed E-state index contributed by atoms with van der Waals surface area (Å²) in [4.78, 5) is 18.0. The molecule has 2 rings (SSSR count). The molecule has 0 amide bonds. The minimum Gasteiger partial charge on any atom is -0.465 e. The first-order valence-corrected chi connectivity index (χ1v) is 6.69. The number of aromatic nitrogens is 1. The van der Waals surface area contributed by atoms with Gasteiger partial charge in [0, 0.05) is 18.8 Å². The van der Waals surface area contributed by atoms with Crippen LogP contribution in [0.25, 0.3) is 0 Å². The lowest BCUT2D eigenvalue weighted by atomic mass is 10.0. The molecule has 0 radical (unpaired) electrons. The van der Waals surface area contributed by atoms with Gasteiger partial charge in [-0.3, -0.25) is 0 Å². The maximum absolute atomic E-state index is 11.4. The molecule has 104 valence electrons. The van der Waals surface area contributed by atoms with Gasteiger partial charge in [-0.1, -0.05) is 6.42 Å². The Kier molecular flexibility index (Phi) is 4.74. The molecule has 5 heteroatoms. The second-order valence-electron chi connectivity index (χ2n) is 4.93. The van der Waals surface area contributed by atoms with E-state index in [9.17, 15) is 4.79 Å². The first-order valence-electron chi connectivity index (χ1n) is 6.69. The molecule has 1 aromatic rings. The average Bonchev–Trinajstić information content (AvgIpc) is 2.46. The predicted molar refractivity (Wildman–Crippen MR) is 74.3 cm³/mol. The standard InChI is InChI=1S/C14H21N3O2/c1-17-8-4-3-5-12(17)10-16-13-9-11(6-7-15-13)14(18)19-2/h6-7,9,12H,3-5,8,10H2,1-2H3,(H,15,16). The van der Waals surface area contributed by atoms with E-state index in [1.165, 1.54) is 26.4 Å². The van der Waals surface area contributed by atoms with Gasteiger partial charge in [0.25, 0.3) is 0 Å². The van der Waals surface area contributed by atoms with E-state index in [4.69, 9.17) is 4.74 Å². The van der Waals surface area contributed by atoms with Crippen LogP contribution in [0.15, 0.2) is 18.3 Å². The maximum atomic E-state index is 11.4. The van der Waals surface area contributed by atoms with Gasteiger partial charge in [0.2, 0.25) is 0 Å². The summed E-state index contributed by atoms with van der Waals surface area (Å²) in [5.74, 6) is 0.391. The molecule has 1 N–H and O–H groups in total. The summed E-state index contributed by atoms with van der Waals surface area (Å²) in [6, 6.07) is 3.93. The van der Waals surface area contributed by atoms with Crippen LogP contribution in [0.3, 0.4) is 0 Å². The van der Waals surface area contributed by atoms with E-state index in [1.807, 2.05) is 0 Å². The second kappa shape index (κ2) is 6.52. The van der Waals surface area contributed by atoms with Crippen LogP contribution in [0, 0.1) is 0 Å². The van der Waals surface area contributed by atoms with Crippen LogP contribution in [-0.2, 0) is 4.74 Å². The molecule has 0 aliphatic carbocycles. The number of rotatable bonds is 4. The van der Waals surface area contributed by atoms with E-state index < -0.39 is 0 Å². The van der Waals surface area contributed by atoms with Crippen molar-refractivity contribution in [1.82, 2.24) is 9.88 Å². The minimum atomic E-state index is -0.333. The van der Waals surface area contributed by atoms with E-state index in [1.54, 1.807) is 18.3 Å². The van der Waals surface area contributed by atoms with Crippen molar-refractivity contribution in [3.63, 3.8) is 0 Å². The molecular weight excluding hydrogens is 242 g/mol. The molecule has 0 aromatic carbocycles. The lowest BCUT2D eigenvalue weighted by Crippen LogP contribution is -2.40. The Morgan fingerprint density at radius 2 is 2.42 bits per heavy atom. The van der Waals surface area contributed by atoms with E-state index in [2.05, 4.69) is 22.2 Å². The normalized spacial score (nSPS) is 20.0. The van der Waals surface area contributed by atoms with Crippen LogP contribution < -0.4 is 5.32 Å². The smallest absolute Gasteiger partial charge is 0.338 e. The number of nitrogens with one attached hydrogen (secondary N) is 1. The molecule has 19 heavy (non-hydrogen) atoms. The third-order valence-electron chi connectivity index (χ3n) is 3.62. The van der Waals surface area contributed by atoms with Crippen molar-refractivity contribution in [2.24, 2.45) is 0 Å². The van der Waals surface area contributed by atoms with Gasteiger partial charge in [-0.2, -0.15) is 0 Å². The number of carbonyl (C=O) groups excluding carboxylic acids is 1. The summed E-state index contributed by atoms with van der Waals surface area (Å²) >= 11 is 0. The zero-order valence-corrected chi connectivity index (χ0v) is 11.6. The average molecular weight is 263 g/mol. The molecule has 1 fully saturated rings. The summed E-state index contributed by atoms with van der Waals surface area (Å²) in [6.07, 6.45) is 5.40. The van der Waals surface area contributed by atoms with Gasteiger partial charge < -0.3 is 15.0 Å². The molecule has 1 saturated heterocycles. The fourth-order valence-corrected chi connectivity index (χ4v) is 2.40. The number of likely N-dealkylation sites (N-methyl/N-ethyl adjacent to an activating group) is 1. The Hall–Kier alpha value is -1.62. The third-order valence-corrected chi connectivity index (χ3v) is 3.62. The number of esters is 1. The van der Waals surface area contributed by atoms with E-state index >= 15 is 0 Å². The Balaban J connectivity index is 1.93. The van der Waals surface area contributed by atoms with Crippen LogP contribution in [0.2, 0.25) is 0 Å². The van der Waals surface area contributed by atoms with Crippen molar-refractivity contribution in [1.29, 1.82) is 0 Å². The Morgan fingerprint density at radius 1 is 1.58 bits per heavy atom. The number of likely N-dealkylation sites (tertiary alicyclic amines) is 1. The fraction of sp³-hybridized carbons (Fsp3) is 0.571. The zero-order valence-electron chi connectivity index (χ0n) is 11.6. The number of carbonyl (C=O) groups is 1. The number of hydrogen-bond donors (Lipinski definition) is 1. The number of ether oxygens (including phenoxy) is 1. The highest BCUT2D eigenvalue weighted by atomic mass is 16.5. The van der Waals surface area contributed by atoms with Crippen molar-refractivity contribution in [2.45, 2.75) is 25.3 Å². The van der Waals surface area contributed by atoms with Crippen LogP contribution in [-0.4, -0.2) is 49.1 Å². The van der Waals surface area contributed by atoms with Gasteiger partial charge in [0.1, 0.15) is 5.82 Å². The van der Waals surface area contributed by atoms with Crippen molar-refractivity contribution in [3.8, 4) is 0 Å². The topological polar surface area (TPSA) is 54.5 Å². The van der Waals surface area contributed by atoms with Gasteiger partial charge in [0.05, 0.1) is 12.7 Å². The summed E-state index contributed by atoms with van der Waals surface area (Å²) in [5, 5.41) is 3.30. The van der Waals surface area contributed by atoms with Crippen molar-refractivity contribution in [2.75, 3.05) is 32.6 Å². The number of pyridine rings is 1. The van der Waals surface area contributed by atoms with Gasteiger partial charge in [-0.15, -0.1) is 0 Å². The molecule has 1 atom stereocenters. The summed E-state index contributed by atoms with van der Waals surface area (Å²) in [6.45, 7) is 2.01. The molecule has 0 spiro atoms. The van der Waals surface area contributed by atoms with E-state index in [0.717, 1.165) is 18.9 Å². The highest BCUT2D eigenvalue weighted by molar-refractivity contribution is 5.89. The first-order chi connectivity index (χ1) is 9.20. The zero-order chi connectivity index (χ0) is 13.7. The molecule has 0 bridgehead atoms. The van der Waals surface area contributed by atoms with Crippen LogP contribution in [0.5, 0.6) is 0 Å². The molecule has 1 aliphatic rings.